The Morgan fingerprint density at radius 2 is 1.88 bits per heavy atom. The number of aryl methyl sites for hydroxylation is 2. The molecule has 1 saturated heterocycles. The second-order valence-electron chi connectivity index (χ2n) is 7.86. The summed E-state index contributed by atoms with van der Waals surface area (Å²) in [5, 5.41) is 3.21. The molecule has 0 spiro atoms. The lowest BCUT2D eigenvalue weighted by Crippen LogP contribution is -2.23. The zero-order valence-electron chi connectivity index (χ0n) is 18.3. The van der Waals surface area contributed by atoms with E-state index in [2.05, 4.69) is 20.3 Å². The van der Waals surface area contributed by atoms with Crippen molar-refractivity contribution in [2.45, 2.75) is 32.2 Å². The Morgan fingerprint density at radius 3 is 2.61 bits per heavy atom. The van der Waals surface area contributed by atoms with E-state index < -0.39 is 10.9 Å². The number of nitrogens with one attached hydrogen (secondary N) is 1. The van der Waals surface area contributed by atoms with Crippen LogP contribution in [0.4, 0.5) is 17.3 Å². The molecule has 1 amide bonds. The molecule has 1 aliphatic heterocycles. The molecule has 9 nitrogen and oxygen atoms in total. The summed E-state index contributed by atoms with van der Waals surface area (Å²) in [5.74, 6) is 0.656. The number of anilines is 3. The van der Waals surface area contributed by atoms with Gasteiger partial charge in [-0.15, -0.1) is 0 Å². The van der Waals surface area contributed by atoms with Crippen molar-refractivity contribution in [1.29, 1.82) is 0 Å². The molecule has 1 aromatic carbocycles. The van der Waals surface area contributed by atoms with Crippen LogP contribution in [0.5, 0.6) is 0 Å². The van der Waals surface area contributed by atoms with Crippen LogP contribution in [0.15, 0.2) is 54.9 Å². The summed E-state index contributed by atoms with van der Waals surface area (Å²) < 4.78 is 23.6. The van der Waals surface area contributed by atoms with E-state index in [-0.39, 0.29) is 12.5 Å². The fourth-order valence-corrected chi connectivity index (χ4v) is 4.00. The van der Waals surface area contributed by atoms with Crippen LogP contribution in [-0.2, 0) is 35.1 Å². The standard InChI is InChI=1S/C23H26N6O3S/c1-28(33(31)32)16-21-17(4-2-13-24-21)6-7-19-12-14-25-23(27-19)26-18-8-10-20(11-9-18)29-15-3-5-22(29)30/h2,4,8-14,33H,3,5-7,15-16H2,1H3,(H,25,26,27). The van der Waals surface area contributed by atoms with Crippen molar-refractivity contribution < 1.29 is 13.2 Å². The quantitative estimate of drug-likeness (QED) is 0.467. The lowest BCUT2D eigenvalue weighted by atomic mass is 10.1. The Hall–Kier alpha value is -3.37. The predicted octanol–water partition coefficient (Wildman–Crippen LogP) is 2.49. The number of hydrogen-bond donors (Lipinski definition) is 2. The number of benzene rings is 1. The fourth-order valence-electron chi connectivity index (χ4n) is 3.75. The van der Waals surface area contributed by atoms with Gasteiger partial charge in [-0.1, -0.05) is 6.07 Å². The molecular weight excluding hydrogens is 440 g/mol. The first-order chi connectivity index (χ1) is 16.0. The smallest absolute Gasteiger partial charge is 0.227 e. The number of pyridine rings is 1. The Labute approximate surface area is 194 Å². The van der Waals surface area contributed by atoms with Gasteiger partial charge in [0.15, 0.2) is 0 Å². The second kappa shape index (κ2) is 10.5. The molecule has 10 heteroatoms. The largest absolute Gasteiger partial charge is 0.324 e. The monoisotopic (exact) mass is 466 g/mol. The lowest BCUT2D eigenvalue weighted by molar-refractivity contribution is -0.117. The van der Waals surface area contributed by atoms with Gasteiger partial charge in [0, 0.05) is 49.5 Å². The van der Waals surface area contributed by atoms with Crippen LogP contribution in [0.25, 0.3) is 0 Å². The minimum atomic E-state index is -2.64. The van der Waals surface area contributed by atoms with Crippen LogP contribution in [0, 0.1) is 0 Å². The second-order valence-corrected chi connectivity index (χ2v) is 9.01. The summed E-state index contributed by atoms with van der Waals surface area (Å²) in [4.78, 5) is 27.0. The van der Waals surface area contributed by atoms with Gasteiger partial charge in [0.05, 0.1) is 12.2 Å². The number of amides is 1. The molecule has 3 heterocycles. The van der Waals surface area contributed by atoms with Crippen molar-refractivity contribution in [1.82, 2.24) is 19.3 Å². The number of aromatic nitrogens is 3. The first-order valence-electron chi connectivity index (χ1n) is 10.8. The van der Waals surface area contributed by atoms with Crippen molar-refractivity contribution in [2.75, 3.05) is 23.8 Å². The van der Waals surface area contributed by atoms with Gasteiger partial charge in [-0.25, -0.2) is 22.7 Å². The topological polar surface area (TPSA) is 108 Å². The molecule has 1 aliphatic rings. The Kier molecular flexibility index (Phi) is 7.26. The highest BCUT2D eigenvalue weighted by molar-refractivity contribution is 7.69. The number of carbonyl (C=O) groups is 1. The van der Waals surface area contributed by atoms with E-state index in [1.54, 1.807) is 17.3 Å². The highest BCUT2D eigenvalue weighted by Gasteiger charge is 2.21. The van der Waals surface area contributed by atoms with Crippen molar-refractivity contribution in [3.63, 3.8) is 0 Å². The summed E-state index contributed by atoms with van der Waals surface area (Å²) in [5.41, 5.74) is 4.33. The summed E-state index contributed by atoms with van der Waals surface area (Å²) in [6.45, 7) is 1.01. The minimum absolute atomic E-state index is 0.164. The highest BCUT2D eigenvalue weighted by Crippen LogP contribution is 2.24. The summed E-state index contributed by atoms with van der Waals surface area (Å²) in [6.07, 6.45) is 6.23. The third kappa shape index (κ3) is 5.91. The molecule has 1 fully saturated rings. The van der Waals surface area contributed by atoms with Gasteiger partial charge >= 0.3 is 0 Å². The van der Waals surface area contributed by atoms with Gasteiger partial charge in [-0.05, 0) is 61.2 Å². The first kappa shape index (κ1) is 22.8. The van der Waals surface area contributed by atoms with Crippen molar-refractivity contribution in [2.24, 2.45) is 0 Å². The highest BCUT2D eigenvalue weighted by atomic mass is 32.2. The number of rotatable bonds is 9. The maximum atomic E-state index is 11.9. The zero-order valence-corrected chi connectivity index (χ0v) is 19.2. The molecule has 1 N–H and O–H groups in total. The number of carbonyl (C=O) groups excluding carboxylic acids is 1. The molecular formula is C23H26N6O3S. The van der Waals surface area contributed by atoms with E-state index in [1.165, 1.54) is 11.4 Å². The Balaban J connectivity index is 1.39. The van der Waals surface area contributed by atoms with E-state index in [0.29, 0.717) is 25.2 Å². The van der Waals surface area contributed by atoms with Gasteiger partial charge < -0.3 is 10.2 Å². The third-order valence-electron chi connectivity index (χ3n) is 5.51. The Morgan fingerprint density at radius 1 is 1.06 bits per heavy atom. The number of thiol groups is 1. The maximum Gasteiger partial charge on any atom is 0.227 e. The fraction of sp³-hybridized carbons (Fsp3) is 0.304. The van der Waals surface area contributed by atoms with E-state index in [9.17, 15) is 13.2 Å². The molecule has 0 radical (unpaired) electrons. The average molecular weight is 467 g/mol. The first-order valence-corrected chi connectivity index (χ1v) is 11.9. The Bertz CT molecular complexity index is 1190. The molecule has 0 saturated carbocycles. The molecule has 0 unspecified atom stereocenters. The van der Waals surface area contributed by atoms with Crippen LogP contribution in [0.3, 0.4) is 0 Å². The summed E-state index contributed by atoms with van der Waals surface area (Å²) in [6, 6.07) is 13.3. The van der Waals surface area contributed by atoms with E-state index in [1.807, 2.05) is 42.5 Å². The van der Waals surface area contributed by atoms with Gasteiger partial charge in [-0.2, -0.15) is 0 Å². The van der Waals surface area contributed by atoms with Crippen molar-refractivity contribution in [3.8, 4) is 0 Å². The molecule has 0 atom stereocenters. The molecule has 2 aromatic heterocycles. The van der Waals surface area contributed by atoms with Crippen molar-refractivity contribution in [3.05, 3.63) is 71.8 Å². The number of nitrogens with zero attached hydrogens (tertiary/aromatic N) is 5. The van der Waals surface area contributed by atoms with E-state index >= 15 is 0 Å². The van der Waals surface area contributed by atoms with E-state index in [4.69, 9.17) is 0 Å². The predicted molar refractivity (Wildman–Crippen MR) is 127 cm³/mol. The van der Waals surface area contributed by atoms with Crippen molar-refractivity contribution >= 4 is 34.1 Å². The molecule has 172 valence electrons. The molecule has 3 aromatic rings. The van der Waals surface area contributed by atoms with Gasteiger partial charge in [0.1, 0.15) is 0 Å². The van der Waals surface area contributed by atoms with E-state index in [0.717, 1.165) is 41.3 Å². The summed E-state index contributed by atoms with van der Waals surface area (Å²) in [7, 11) is -1.11. The van der Waals surface area contributed by atoms with Gasteiger partial charge in [-0.3, -0.25) is 9.78 Å². The minimum Gasteiger partial charge on any atom is -0.324 e. The molecule has 4 rings (SSSR count). The van der Waals surface area contributed by atoms with Crippen LogP contribution < -0.4 is 10.2 Å². The van der Waals surface area contributed by atoms with Gasteiger partial charge in [0.25, 0.3) is 0 Å². The maximum absolute atomic E-state index is 11.9. The van der Waals surface area contributed by atoms with Gasteiger partial charge in [0.2, 0.25) is 22.7 Å². The summed E-state index contributed by atoms with van der Waals surface area (Å²) >= 11 is 0. The van der Waals surface area contributed by atoms with Crippen LogP contribution in [-0.4, -0.2) is 47.2 Å². The number of hydrogen-bond acceptors (Lipinski definition) is 7. The molecule has 0 bridgehead atoms. The normalized spacial score (nSPS) is 13.8. The van der Waals surface area contributed by atoms with Crippen LogP contribution in [0.1, 0.15) is 29.8 Å². The molecule has 33 heavy (non-hydrogen) atoms. The lowest BCUT2D eigenvalue weighted by Gasteiger charge is -2.16. The van der Waals surface area contributed by atoms with Crippen LogP contribution >= 0.6 is 0 Å². The SMILES string of the molecule is CN(Cc1ncccc1CCc1ccnc(Nc2ccc(N3CCCC3=O)cc2)n1)[SH](=O)=O. The van der Waals surface area contributed by atoms with Crippen LogP contribution in [0.2, 0.25) is 0 Å². The third-order valence-corrected chi connectivity index (χ3v) is 6.21. The average Bonchev–Trinajstić information content (AvgIpc) is 3.25. The zero-order chi connectivity index (χ0) is 23.2. The molecule has 0 aliphatic carbocycles.